The molecule has 2 bridgehead atoms. The summed E-state index contributed by atoms with van der Waals surface area (Å²) in [4.78, 5) is 14.9. The minimum Gasteiger partial charge on any atom is -0.451 e. The molecule has 1 N–H and O–H groups in total. The number of hydrogen-bond donors (Lipinski definition) is 1. The van der Waals surface area contributed by atoms with Gasteiger partial charge in [0.05, 0.1) is 0 Å². The Balaban J connectivity index is 1.47. The maximum Gasteiger partial charge on any atom is 0.287 e. The zero-order valence-electron chi connectivity index (χ0n) is 12.8. The highest BCUT2D eigenvalue weighted by Crippen LogP contribution is 2.28. The van der Waals surface area contributed by atoms with Crippen molar-refractivity contribution in [3.8, 4) is 11.3 Å². The molecule has 4 nitrogen and oxygen atoms in total. The standard InChI is InChI=1S/C18H19BrN2O2/c19-14-3-1-2-13(10-14)16-4-5-17(23-16)18(22)20-15-11-21-8-6-12(15)7-9-21/h1-5,10,12,15H,6-9,11H2,(H,20,22)/t15-/m0/s1. The molecule has 120 valence electrons. The molecule has 0 saturated carbocycles. The van der Waals surface area contributed by atoms with E-state index in [4.69, 9.17) is 4.42 Å². The van der Waals surface area contributed by atoms with Crippen molar-refractivity contribution >= 4 is 21.8 Å². The van der Waals surface area contributed by atoms with E-state index in [-0.39, 0.29) is 11.9 Å². The predicted molar refractivity (Wildman–Crippen MR) is 92.3 cm³/mol. The maximum atomic E-state index is 12.5. The highest BCUT2D eigenvalue weighted by molar-refractivity contribution is 9.10. The van der Waals surface area contributed by atoms with Crippen LogP contribution in [-0.4, -0.2) is 36.5 Å². The van der Waals surface area contributed by atoms with Crippen molar-refractivity contribution in [3.63, 3.8) is 0 Å². The molecule has 4 heterocycles. The van der Waals surface area contributed by atoms with Crippen LogP contribution in [0.5, 0.6) is 0 Å². The lowest BCUT2D eigenvalue weighted by Crippen LogP contribution is -2.57. The summed E-state index contributed by atoms with van der Waals surface area (Å²) in [7, 11) is 0. The second-order valence-corrected chi connectivity index (χ2v) is 7.31. The molecule has 23 heavy (non-hydrogen) atoms. The van der Waals surface area contributed by atoms with Gasteiger partial charge < -0.3 is 14.6 Å². The molecule has 3 fully saturated rings. The van der Waals surface area contributed by atoms with Crippen LogP contribution in [0.1, 0.15) is 23.4 Å². The molecule has 3 saturated heterocycles. The van der Waals surface area contributed by atoms with Crippen LogP contribution in [0.2, 0.25) is 0 Å². The Hall–Kier alpha value is -1.59. The molecule has 0 aliphatic carbocycles. The number of amides is 1. The minimum atomic E-state index is -0.106. The molecule has 2 aromatic rings. The van der Waals surface area contributed by atoms with Crippen LogP contribution < -0.4 is 5.32 Å². The number of rotatable bonds is 3. The summed E-state index contributed by atoms with van der Waals surface area (Å²) in [6, 6.07) is 11.7. The SMILES string of the molecule is O=C(N[C@H]1CN2CCC1CC2)c1ccc(-c2cccc(Br)c2)o1. The van der Waals surface area contributed by atoms with Crippen molar-refractivity contribution in [1.82, 2.24) is 10.2 Å². The first-order valence-corrected chi connectivity index (χ1v) is 8.87. The lowest BCUT2D eigenvalue weighted by atomic mass is 9.84. The molecule has 3 aliphatic rings. The lowest BCUT2D eigenvalue weighted by Gasteiger charge is -2.44. The number of piperidine rings is 3. The summed E-state index contributed by atoms with van der Waals surface area (Å²) >= 11 is 3.45. The summed E-state index contributed by atoms with van der Waals surface area (Å²) in [5.41, 5.74) is 0.959. The van der Waals surface area contributed by atoms with E-state index in [9.17, 15) is 4.79 Å². The molecule has 1 aromatic heterocycles. The van der Waals surface area contributed by atoms with Gasteiger partial charge in [0, 0.05) is 22.6 Å². The molecule has 1 atom stereocenters. The van der Waals surface area contributed by atoms with E-state index in [0.717, 1.165) is 16.6 Å². The Bertz CT molecular complexity index is 719. The number of furan rings is 1. The molecular weight excluding hydrogens is 356 g/mol. The third kappa shape index (κ3) is 3.08. The largest absolute Gasteiger partial charge is 0.451 e. The summed E-state index contributed by atoms with van der Waals surface area (Å²) < 4.78 is 6.75. The monoisotopic (exact) mass is 374 g/mol. The first kappa shape index (κ1) is 15.0. The number of halogens is 1. The van der Waals surface area contributed by atoms with Gasteiger partial charge in [-0.1, -0.05) is 28.1 Å². The number of carbonyl (C=O) groups is 1. The van der Waals surface area contributed by atoms with Crippen LogP contribution in [0.3, 0.4) is 0 Å². The first-order chi connectivity index (χ1) is 11.2. The van der Waals surface area contributed by atoms with E-state index in [1.54, 1.807) is 6.07 Å². The van der Waals surface area contributed by atoms with Crippen molar-refractivity contribution in [3.05, 3.63) is 46.6 Å². The van der Waals surface area contributed by atoms with Gasteiger partial charge in [-0.25, -0.2) is 0 Å². The van der Waals surface area contributed by atoms with Gasteiger partial charge in [-0.2, -0.15) is 0 Å². The van der Waals surface area contributed by atoms with Crippen LogP contribution in [0, 0.1) is 5.92 Å². The fourth-order valence-corrected chi connectivity index (χ4v) is 4.02. The number of hydrogen-bond acceptors (Lipinski definition) is 3. The summed E-state index contributed by atoms with van der Waals surface area (Å²) in [6.45, 7) is 3.31. The summed E-state index contributed by atoms with van der Waals surface area (Å²) in [5.74, 6) is 1.61. The van der Waals surface area contributed by atoms with E-state index < -0.39 is 0 Å². The van der Waals surface area contributed by atoms with E-state index in [1.165, 1.54) is 25.9 Å². The van der Waals surface area contributed by atoms with E-state index in [2.05, 4.69) is 26.1 Å². The van der Waals surface area contributed by atoms with Crippen LogP contribution in [0.4, 0.5) is 0 Å². The van der Waals surface area contributed by atoms with E-state index in [0.29, 0.717) is 17.4 Å². The molecule has 5 rings (SSSR count). The normalized spacial score (nSPS) is 26.2. The van der Waals surface area contributed by atoms with Gasteiger partial charge in [0.25, 0.3) is 5.91 Å². The van der Waals surface area contributed by atoms with Crippen molar-refractivity contribution in [2.24, 2.45) is 5.92 Å². The summed E-state index contributed by atoms with van der Waals surface area (Å²) in [6.07, 6.45) is 2.37. The lowest BCUT2D eigenvalue weighted by molar-refractivity contribution is 0.0606. The van der Waals surface area contributed by atoms with Gasteiger partial charge in [-0.3, -0.25) is 4.79 Å². The van der Waals surface area contributed by atoms with E-state index >= 15 is 0 Å². The Morgan fingerprint density at radius 3 is 2.74 bits per heavy atom. The minimum absolute atomic E-state index is 0.106. The third-order valence-corrected chi connectivity index (χ3v) is 5.40. The zero-order chi connectivity index (χ0) is 15.8. The zero-order valence-corrected chi connectivity index (χ0v) is 14.4. The van der Waals surface area contributed by atoms with Gasteiger partial charge in [0.1, 0.15) is 5.76 Å². The third-order valence-electron chi connectivity index (χ3n) is 4.91. The Labute approximate surface area is 144 Å². The average molecular weight is 375 g/mol. The second kappa shape index (κ2) is 6.13. The highest BCUT2D eigenvalue weighted by atomic mass is 79.9. The Morgan fingerprint density at radius 2 is 2.04 bits per heavy atom. The van der Waals surface area contributed by atoms with Crippen LogP contribution >= 0.6 is 15.9 Å². The number of nitrogens with one attached hydrogen (secondary N) is 1. The summed E-state index contributed by atoms with van der Waals surface area (Å²) in [5, 5.41) is 3.16. The van der Waals surface area contributed by atoms with Crippen LogP contribution in [0.25, 0.3) is 11.3 Å². The van der Waals surface area contributed by atoms with Crippen molar-refractivity contribution < 1.29 is 9.21 Å². The highest BCUT2D eigenvalue weighted by Gasteiger charge is 2.35. The molecule has 0 spiro atoms. The van der Waals surface area contributed by atoms with Gasteiger partial charge in [-0.15, -0.1) is 0 Å². The molecule has 5 heteroatoms. The number of benzene rings is 1. The quantitative estimate of drug-likeness (QED) is 0.893. The Morgan fingerprint density at radius 1 is 1.22 bits per heavy atom. The van der Waals surface area contributed by atoms with Crippen molar-refractivity contribution in [2.75, 3.05) is 19.6 Å². The molecule has 0 unspecified atom stereocenters. The smallest absolute Gasteiger partial charge is 0.287 e. The average Bonchev–Trinajstić information content (AvgIpc) is 3.06. The fraction of sp³-hybridized carbons (Fsp3) is 0.389. The molecule has 3 aliphatic heterocycles. The molecule has 1 aromatic carbocycles. The first-order valence-electron chi connectivity index (χ1n) is 8.08. The van der Waals surface area contributed by atoms with Crippen molar-refractivity contribution in [1.29, 1.82) is 0 Å². The van der Waals surface area contributed by atoms with Gasteiger partial charge >= 0.3 is 0 Å². The predicted octanol–water partition coefficient (Wildman–Crippen LogP) is 3.53. The number of nitrogens with zero attached hydrogens (tertiary/aromatic N) is 1. The van der Waals surface area contributed by atoms with Crippen molar-refractivity contribution in [2.45, 2.75) is 18.9 Å². The van der Waals surface area contributed by atoms with Gasteiger partial charge in [0.15, 0.2) is 5.76 Å². The topological polar surface area (TPSA) is 45.5 Å². The fourth-order valence-electron chi connectivity index (χ4n) is 3.62. The molecule has 0 radical (unpaired) electrons. The van der Waals surface area contributed by atoms with Gasteiger partial charge in [-0.05, 0) is 56.1 Å². The van der Waals surface area contributed by atoms with E-state index in [1.807, 2.05) is 30.3 Å². The molecule has 1 amide bonds. The second-order valence-electron chi connectivity index (χ2n) is 6.39. The van der Waals surface area contributed by atoms with Crippen LogP contribution in [0.15, 0.2) is 45.3 Å². The Kier molecular flexibility index (Phi) is 3.99. The number of carbonyl (C=O) groups excluding carboxylic acids is 1. The van der Waals surface area contributed by atoms with Gasteiger partial charge in [0.2, 0.25) is 0 Å². The van der Waals surface area contributed by atoms with Crippen LogP contribution in [-0.2, 0) is 0 Å². The number of fused-ring (bicyclic) bond motifs is 3. The maximum absolute atomic E-state index is 12.5. The molecular formula is C18H19BrN2O2.